The molecule has 0 fully saturated rings. The number of methoxy groups -OCH3 is 1. The molecule has 0 saturated heterocycles. The van der Waals surface area contributed by atoms with Crippen LogP contribution in [0.25, 0.3) is 0 Å². The van der Waals surface area contributed by atoms with Crippen molar-refractivity contribution < 1.29 is 14.5 Å². The molecule has 2 aromatic carbocycles. The molecule has 0 heterocycles. The molecule has 2 aromatic rings. The first-order valence-corrected chi connectivity index (χ1v) is 8.03. The largest absolute Gasteiger partial charge is 0.372 e. The van der Waals surface area contributed by atoms with Gasteiger partial charge < -0.3 is 10.1 Å². The van der Waals surface area contributed by atoms with Crippen LogP contribution in [0.3, 0.4) is 0 Å². The predicted molar refractivity (Wildman–Crippen MR) is 95.6 cm³/mol. The molecule has 25 heavy (non-hydrogen) atoms. The normalized spacial score (nSPS) is 13.1. The highest BCUT2D eigenvalue weighted by molar-refractivity contribution is 6.30. The molecular formula is C18H19ClN2O4. The molecule has 0 spiro atoms. The lowest BCUT2D eigenvalue weighted by Crippen LogP contribution is -2.40. The second-order valence-corrected chi connectivity index (χ2v) is 6.26. The first kappa shape index (κ1) is 18.9. The summed E-state index contributed by atoms with van der Waals surface area (Å²) >= 11 is 6.02. The van der Waals surface area contributed by atoms with Crippen LogP contribution >= 0.6 is 11.6 Å². The van der Waals surface area contributed by atoms with Crippen molar-refractivity contribution in [1.29, 1.82) is 0 Å². The van der Waals surface area contributed by atoms with Gasteiger partial charge in [-0.2, -0.15) is 0 Å². The fourth-order valence-electron chi connectivity index (χ4n) is 2.36. The third kappa shape index (κ3) is 5.01. The number of nitrogens with zero attached hydrogens (tertiary/aromatic N) is 1. The number of non-ortho nitro benzene ring substituents is 1. The Hall–Kier alpha value is -2.44. The van der Waals surface area contributed by atoms with E-state index < -0.39 is 10.5 Å². The van der Waals surface area contributed by atoms with Crippen molar-refractivity contribution in [2.75, 3.05) is 13.7 Å². The van der Waals surface area contributed by atoms with E-state index in [9.17, 15) is 14.9 Å². The van der Waals surface area contributed by atoms with Gasteiger partial charge in [0.05, 0.1) is 17.9 Å². The lowest BCUT2D eigenvalue weighted by molar-refractivity contribution is -0.384. The van der Waals surface area contributed by atoms with E-state index in [0.717, 1.165) is 5.56 Å². The molecule has 7 heteroatoms. The van der Waals surface area contributed by atoms with E-state index >= 15 is 0 Å². The average Bonchev–Trinajstić information content (AvgIpc) is 2.60. The molecule has 0 aliphatic carbocycles. The van der Waals surface area contributed by atoms with Gasteiger partial charge in [0.1, 0.15) is 5.60 Å². The number of hydrogen-bond donors (Lipinski definition) is 1. The zero-order valence-corrected chi connectivity index (χ0v) is 14.7. The number of nitrogens with one attached hydrogen (secondary N) is 1. The average molecular weight is 363 g/mol. The van der Waals surface area contributed by atoms with Gasteiger partial charge in [-0.15, -0.1) is 0 Å². The van der Waals surface area contributed by atoms with Crippen LogP contribution in [0.15, 0.2) is 48.5 Å². The number of hydrogen-bond acceptors (Lipinski definition) is 4. The van der Waals surface area contributed by atoms with Crippen molar-refractivity contribution in [3.63, 3.8) is 0 Å². The van der Waals surface area contributed by atoms with Gasteiger partial charge >= 0.3 is 0 Å². The van der Waals surface area contributed by atoms with Crippen molar-refractivity contribution in [3.8, 4) is 0 Å². The minimum atomic E-state index is -0.712. The van der Waals surface area contributed by atoms with Gasteiger partial charge in [0.2, 0.25) is 5.91 Å². The minimum Gasteiger partial charge on any atom is -0.372 e. The molecule has 0 radical (unpaired) electrons. The van der Waals surface area contributed by atoms with Gasteiger partial charge in [0, 0.05) is 24.3 Å². The molecule has 1 N–H and O–H groups in total. The molecule has 0 bridgehead atoms. The van der Waals surface area contributed by atoms with Crippen molar-refractivity contribution in [1.82, 2.24) is 5.32 Å². The fourth-order valence-corrected chi connectivity index (χ4v) is 2.55. The molecule has 6 nitrogen and oxygen atoms in total. The monoisotopic (exact) mass is 362 g/mol. The van der Waals surface area contributed by atoms with E-state index in [1.54, 1.807) is 31.4 Å². The van der Waals surface area contributed by atoms with Crippen LogP contribution in [0.4, 0.5) is 5.69 Å². The Labute approximate surface area is 150 Å². The van der Waals surface area contributed by atoms with Gasteiger partial charge in [-0.1, -0.05) is 35.9 Å². The van der Waals surface area contributed by atoms with E-state index in [4.69, 9.17) is 16.3 Å². The Kier molecular flexibility index (Phi) is 6.12. The lowest BCUT2D eigenvalue weighted by Gasteiger charge is -2.29. The smallest absolute Gasteiger partial charge is 0.269 e. The van der Waals surface area contributed by atoms with Crippen LogP contribution in [0, 0.1) is 10.1 Å². The quantitative estimate of drug-likeness (QED) is 0.604. The molecule has 132 valence electrons. The van der Waals surface area contributed by atoms with Crippen LogP contribution in [0.1, 0.15) is 18.1 Å². The first-order valence-electron chi connectivity index (χ1n) is 7.65. The maximum Gasteiger partial charge on any atom is 0.269 e. The zero-order valence-electron chi connectivity index (χ0n) is 14.0. The number of carbonyl (C=O) groups excluding carboxylic acids is 1. The Morgan fingerprint density at radius 1 is 1.28 bits per heavy atom. The molecule has 0 aliphatic heterocycles. The van der Waals surface area contributed by atoms with E-state index in [1.165, 1.54) is 12.1 Å². The second kappa shape index (κ2) is 8.09. The van der Waals surface area contributed by atoms with Gasteiger partial charge in [-0.3, -0.25) is 14.9 Å². The topological polar surface area (TPSA) is 81.5 Å². The number of carbonyl (C=O) groups is 1. The molecule has 2 rings (SSSR count). The summed E-state index contributed by atoms with van der Waals surface area (Å²) in [7, 11) is 1.57. The summed E-state index contributed by atoms with van der Waals surface area (Å²) in [6, 6.07) is 13.2. The number of nitro benzene ring substituents is 1. The summed E-state index contributed by atoms with van der Waals surface area (Å²) in [6.07, 6.45) is 0.132. The number of benzene rings is 2. The number of nitro groups is 1. The number of ether oxygens (including phenoxy) is 1. The number of rotatable bonds is 7. The predicted octanol–water partition coefficient (Wildman–Crippen LogP) is 3.47. The highest BCUT2D eigenvalue weighted by atomic mass is 35.5. The van der Waals surface area contributed by atoms with E-state index in [0.29, 0.717) is 10.6 Å². The second-order valence-electron chi connectivity index (χ2n) is 5.82. The zero-order chi connectivity index (χ0) is 18.4. The summed E-state index contributed by atoms with van der Waals surface area (Å²) in [5, 5.41) is 14.1. The number of halogens is 1. The number of amides is 1. The Morgan fingerprint density at radius 2 is 1.96 bits per heavy atom. The minimum absolute atomic E-state index is 0.00271. The third-order valence-electron chi connectivity index (χ3n) is 4.02. The van der Waals surface area contributed by atoms with Gasteiger partial charge in [-0.05, 0) is 30.2 Å². The van der Waals surface area contributed by atoms with Crippen molar-refractivity contribution in [3.05, 3.63) is 74.8 Å². The third-order valence-corrected chi connectivity index (χ3v) is 4.26. The summed E-state index contributed by atoms with van der Waals surface area (Å²) < 4.78 is 5.57. The van der Waals surface area contributed by atoms with Crippen LogP contribution in [-0.2, 0) is 21.6 Å². The van der Waals surface area contributed by atoms with E-state index in [1.807, 2.05) is 19.1 Å². The first-order chi connectivity index (χ1) is 11.8. The maximum absolute atomic E-state index is 12.2. The van der Waals surface area contributed by atoms with Gasteiger partial charge in [-0.25, -0.2) is 0 Å². The highest BCUT2D eigenvalue weighted by Gasteiger charge is 2.27. The Morgan fingerprint density at radius 3 is 2.52 bits per heavy atom. The highest BCUT2D eigenvalue weighted by Crippen LogP contribution is 2.26. The summed E-state index contributed by atoms with van der Waals surface area (Å²) in [5.74, 6) is -0.195. The molecule has 1 amide bonds. The summed E-state index contributed by atoms with van der Waals surface area (Å²) in [6.45, 7) is 2.14. The SMILES string of the molecule is COC(C)(CNC(=O)Cc1ccc([N+](=O)[O-])cc1)c1cccc(Cl)c1. The van der Waals surface area contributed by atoms with Gasteiger partial charge in [0.15, 0.2) is 0 Å². The Balaban J connectivity index is 1.98. The summed E-state index contributed by atoms with van der Waals surface area (Å²) in [4.78, 5) is 22.3. The fraction of sp³-hybridized carbons (Fsp3) is 0.278. The van der Waals surface area contributed by atoms with Gasteiger partial charge in [0.25, 0.3) is 5.69 Å². The molecule has 0 saturated carbocycles. The van der Waals surface area contributed by atoms with Crippen LogP contribution in [0.5, 0.6) is 0 Å². The molecular weight excluding hydrogens is 344 g/mol. The molecule has 0 aliphatic rings. The Bertz CT molecular complexity index is 764. The molecule has 0 aromatic heterocycles. The van der Waals surface area contributed by atoms with Crippen molar-refractivity contribution >= 4 is 23.2 Å². The molecule has 1 atom stereocenters. The van der Waals surface area contributed by atoms with Crippen molar-refractivity contribution in [2.24, 2.45) is 0 Å². The van der Waals surface area contributed by atoms with Crippen LogP contribution in [-0.4, -0.2) is 24.5 Å². The standard InChI is InChI=1S/C18H19ClN2O4/c1-18(25-2,14-4-3-5-15(19)11-14)12-20-17(22)10-13-6-8-16(9-7-13)21(23)24/h3-9,11H,10,12H2,1-2H3,(H,20,22). The summed E-state index contributed by atoms with van der Waals surface area (Å²) in [5.41, 5.74) is 0.843. The lowest BCUT2D eigenvalue weighted by atomic mass is 9.95. The van der Waals surface area contributed by atoms with Crippen LogP contribution < -0.4 is 5.32 Å². The van der Waals surface area contributed by atoms with E-state index in [-0.39, 0.29) is 24.6 Å². The molecule has 1 unspecified atom stereocenters. The maximum atomic E-state index is 12.2. The van der Waals surface area contributed by atoms with Crippen molar-refractivity contribution in [2.45, 2.75) is 18.9 Å². The van der Waals surface area contributed by atoms with Crippen LogP contribution in [0.2, 0.25) is 5.02 Å². The van der Waals surface area contributed by atoms with E-state index in [2.05, 4.69) is 5.32 Å².